The standard InChI is InChI=1S/C14H7BrINO3/c15-10-2-4-12(9(5-10)7-17)20-13-6-8(14(18)19)1-3-11(13)16/h1-6H,(H,18,19). The summed E-state index contributed by atoms with van der Waals surface area (Å²) in [6.45, 7) is 0. The highest BCUT2D eigenvalue weighted by atomic mass is 127. The van der Waals surface area contributed by atoms with Crippen molar-refractivity contribution in [2.24, 2.45) is 0 Å². The molecule has 1 N–H and O–H groups in total. The Bertz CT molecular complexity index is 725. The molecule has 0 atom stereocenters. The molecule has 0 spiro atoms. The first-order chi connectivity index (χ1) is 9.51. The van der Waals surface area contributed by atoms with E-state index in [-0.39, 0.29) is 5.56 Å². The average molecular weight is 444 g/mol. The van der Waals surface area contributed by atoms with Crippen LogP contribution in [0, 0.1) is 14.9 Å². The minimum absolute atomic E-state index is 0.135. The van der Waals surface area contributed by atoms with Crippen molar-refractivity contribution >= 4 is 44.5 Å². The molecule has 20 heavy (non-hydrogen) atoms. The summed E-state index contributed by atoms with van der Waals surface area (Å²) >= 11 is 5.33. The van der Waals surface area contributed by atoms with Gasteiger partial charge in [0.2, 0.25) is 0 Å². The second kappa shape index (κ2) is 6.24. The lowest BCUT2D eigenvalue weighted by atomic mass is 10.2. The van der Waals surface area contributed by atoms with Crippen molar-refractivity contribution < 1.29 is 14.6 Å². The summed E-state index contributed by atoms with van der Waals surface area (Å²) in [6.07, 6.45) is 0. The van der Waals surface area contributed by atoms with Crippen molar-refractivity contribution in [1.82, 2.24) is 0 Å². The smallest absolute Gasteiger partial charge is 0.335 e. The molecule has 2 aromatic carbocycles. The zero-order chi connectivity index (χ0) is 14.7. The van der Waals surface area contributed by atoms with Gasteiger partial charge >= 0.3 is 5.97 Å². The van der Waals surface area contributed by atoms with Crippen molar-refractivity contribution in [2.75, 3.05) is 0 Å². The number of hydrogen-bond acceptors (Lipinski definition) is 3. The van der Waals surface area contributed by atoms with Gasteiger partial charge in [0.15, 0.2) is 0 Å². The van der Waals surface area contributed by atoms with Crippen LogP contribution in [0.1, 0.15) is 15.9 Å². The number of nitriles is 1. The van der Waals surface area contributed by atoms with E-state index in [0.717, 1.165) is 8.04 Å². The fourth-order valence-corrected chi connectivity index (χ4v) is 2.32. The lowest BCUT2D eigenvalue weighted by molar-refractivity contribution is 0.0696. The van der Waals surface area contributed by atoms with Gasteiger partial charge in [0.25, 0.3) is 0 Å². The predicted molar refractivity (Wildman–Crippen MR) is 85.0 cm³/mol. The van der Waals surface area contributed by atoms with Gasteiger partial charge in [-0.15, -0.1) is 0 Å². The van der Waals surface area contributed by atoms with Crippen LogP contribution in [0.25, 0.3) is 0 Å². The number of carboxylic acid groups (broad SMARTS) is 1. The number of halogens is 2. The quantitative estimate of drug-likeness (QED) is 0.713. The van der Waals surface area contributed by atoms with Crippen LogP contribution in [-0.4, -0.2) is 11.1 Å². The van der Waals surface area contributed by atoms with Crippen molar-refractivity contribution in [1.29, 1.82) is 5.26 Å². The fourth-order valence-electron chi connectivity index (χ4n) is 1.51. The first kappa shape index (κ1) is 14.8. The molecule has 0 saturated carbocycles. The minimum atomic E-state index is -1.03. The second-order valence-electron chi connectivity index (χ2n) is 3.80. The van der Waals surface area contributed by atoms with Crippen LogP contribution in [0.5, 0.6) is 11.5 Å². The number of ether oxygens (including phenoxy) is 1. The molecule has 0 aromatic heterocycles. The van der Waals surface area contributed by atoms with Gasteiger partial charge in [-0.2, -0.15) is 5.26 Å². The molecule has 0 aliphatic rings. The molecule has 0 heterocycles. The lowest BCUT2D eigenvalue weighted by Gasteiger charge is -2.10. The van der Waals surface area contributed by atoms with Crippen molar-refractivity contribution in [3.8, 4) is 17.6 Å². The summed E-state index contributed by atoms with van der Waals surface area (Å²) in [7, 11) is 0. The van der Waals surface area contributed by atoms with E-state index < -0.39 is 5.97 Å². The Balaban J connectivity index is 2.42. The Labute approximate surface area is 137 Å². The molecule has 2 rings (SSSR count). The maximum absolute atomic E-state index is 11.0. The number of rotatable bonds is 3. The monoisotopic (exact) mass is 443 g/mol. The molecule has 0 radical (unpaired) electrons. The van der Waals surface area contributed by atoms with Gasteiger partial charge in [0.1, 0.15) is 17.6 Å². The SMILES string of the molecule is N#Cc1cc(Br)ccc1Oc1cc(C(=O)O)ccc1I. The van der Waals surface area contributed by atoms with E-state index in [2.05, 4.69) is 15.9 Å². The largest absolute Gasteiger partial charge is 0.478 e. The summed E-state index contributed by atoms with van der Waals surface area (Å²) in [5.41, 5.74) is 0.506. The van der Waals surface area contributed by atoms with E-state index in [4.69, 9.17) is 15.1 Å². The van der Waals surface area contributed by atoms with Crippen LogP contribution >= 0.6 is 38.5 Å². The number of benzene rings is 2. The topological polar surface area (TPSA) is 70.3 Å². The van der Waals surface area contributed by atoms with E-state index in [9.17, 15) is 4.79 Å². The van der Waals surface area contributed by atoms with Crippen molar-refractivity contribution in [3.63, 3.8) is 0 Å². The summed E-state index contributed by atoms with van der Waals surface area (Å²) in [6, 6.07) is 11.7. The van der Waals surface area contributed by atoms with Gasteiger partial charge < -0.3 is 9.84 Å². The van der Waals surface area contributed by atoms with Crippen LogP contribution in [0.15, 0.2) is 40.9 Å². The average Bonchev–Trinajstić information content (AvgIpc) is 2.42. The molecule has 0 saturated heterocycles. The van der Waals surface area contributed by atoms with E-state index in [1.165, 1.54) is 12.1 Å². The normalized spacial score (nSPS) is 9.85. The van der Waals surface area contributed by atoms with Crippen LogP contribution in [0.2, 0.25) is 0 Å². The number of carbonyl (C=O) groups is 1. The third-order valence-electron chi connectivity index (χ3n) is 2.46. The highest BCUT2D eigenvalue weighted by Gasteiger charge is 2.11. The van der Waals surface area contributed by atoms with E-state index in [1.807, 2.05) is 28.7 Å². The highest BCUT2D eigenvalue weighted by molar-refractivity contribution is 14.1. The molecule has 0 aliphatic heterocycles. The molecule has 2 aromatic rings. The molecular weight excluding hydrogens is 437 g/mol. The zero-order valence-corrected chi connectivity index (χ0v) is 13.7. The maximum atomic E-state index is 11.0. The Kier molecular flexibility index (Phi) is 4.62. The summed E-state index contributed by atoms with van der Waals surface area (Å²) < 4.78 is 7.20. The molecule has 100 valence electrons. The molecule has 0 bridgehead atoms. The Morgan fingerprint density at radius 3 is 2.65 bits per heavy atom. The summed E-state index contributed by atoms with van der Waals surface area (Å²) in [5.74, 6) is -0.233. The van der Waals surface area contributed by atoms with E-state index >= 15 is 0 Å². The van der Waals surface area contributed by atoms with Crippen LogP contribution < -0.4 is 4.74 Å². The maximum Gasteiger partial charge on any atom is 0.335 e. The van der Waals surface area contributed by atoms with Gasteiger partial charge in [0.05, 0.1) is 14.7 Å². The van der Waals surface area contributed by atoms with Gasteiger partial charge in [-0.1, -0.05) is 15.9 Å². The van der Waals surface area contributed by atoms with E-state index in [1.54, 1.807) is 24.3 Å². The summed E-state index contributed by atoms with van der Waals surface area (Å²) in [4.78, 5) is 11.0. The molecule has 4 nitrogen and oxygen atoms in total. The van der Waals surface area contributed by atoms with Crippen LogP contribution in [0.4, 0.5) is 0 Å². The molecule has 0 fully saturated rings. The second-order valence-corrected chi connectivity index (χ2v) is 5.88. The Hall–Kier alpha value is -1.59. The highest BCUT2D eigenvalue weighted by Crippen LogP contribution is 2.31. The number of aromatic carboxylic acids is 1. The van der Waals surface area contributed by atoms with Gasteiger partial charge in [-0.3, -0.25) is 0 Å². The summed E-state index contributed by atoms with van der Waals surface area (Å²) in [5, 5.41) is 18.1. The van der Waals surface area contributed by atoms with Gasteiger partial charge in [-0.25, -0.2) is 4.79 Å². The molecular formula is C14H7BrINO3. The van der Waals surface area contributed by atoms with Gasteiger partial charge in [-0.05, 0) is 59.0 Å². The van der Waals surface area contributed by atoms with Gasteiger partial charge in [0, 0.05) is 4.47 Å². The number of nitrogens with zero attached hydrogens (tertiary/aromatic N) is 1. The van der Waals surface area contributed by atoms with Crippen molar-refractivity contribution in [3.05, 3.63) is 55.6 Å². The molecule has 0 aliphatic carbocycles. The zero-order valence-electron chi connectivity index (χ0n) is 9.93. The van der Waals surface area contributed by atoms with Crippen LogP contribution in [0.3, 0.4) is 0 Å². The molecule has 0 unspecified atom stereocenters. The third-order valence-corrected chi connectivity index (χ3v) is 3.84. The first-order valence-electron chi connectivity index (χ1n) is 5.41. The first-order valence-corrected chi connectivity index (χ1v) is 7.29. The minimum Gasteiger partial charge on any atom is -0.478 e. The fraction of sp³-hybridized carbons (Fsp3) is 0. The number of hydrogen-bond donors (Lipinski definition) is 1. The lowest BCUT2D eigenvalue weighted by Crippen LogP contribution is -1.98. The Morgan fingerprint density at radius 2 is 2.00 bits per heavy atom. The van der Waals surface area contributed by atoms with Crippen molar-refractivity contribution in [2.45, 2.75) is 0 Å². The predicted octanol–water partition coefficient (Wildman–Crippen LogP) is 4.42. The van der Waals surface area contributed by atoms with E-state index in [0.29, 0.717) is 17.1 Å². The Morgan fingerprint density at radius 1 is 1.25 bits per heavy atom. The third kappa shape index (κ3) is 3.29. The molecule has 0 amide bonds. The van der Waals surface area contributed by atoms with Crippen LogP contribution in [-0.2, 0) is 0 Å². The number of carboxylic acids is 1. The molecule has 6 heteroatoms.